The van der Waals surface area contributed by atoms with Gasteiger partial charge in [-0.25, -0.2) is 9.67 Å². The van der Waals surface area contributed by atoms with E-state index in [1.807, 2.05) is 48.5 Å². The fourth-order valence-corrected chi connectivity index (χ4v) is 2.72. The number of aryl methyl sites for hydroxylation is 1. The van der Waals surface area contributed by atoms with Crippen LogP contribution in [0.25, 0.3) is 0 Å². The molecule has 3 aromatic rings. The number of hydrogen-bond donors (Lipinski definition) is 1. The van der Waals surface area contributed by atoms with Crippen molar-refractivity contribution in [3.8, 4) is 5.75 Å². The van der Waals surface area contributed by atoms with Crippen molar-refractivity contribution in [1.29, 1.82) is 0 Å². The molecule has 27 heavy (non-hydrogen) atoms. The van der Waals surface area contributed by atoms with Crippen molar-refractivity contribution < 1.29 is 9.53 Å². The molecule has 0 aliphatic carbocycles. The van der Waals surface area contributed by atoms with Gasteiger partial charge in [0.25, 0.3) is 0 Å². The van der Waals surface area contributed by atoms with Gasteiger partial charge in [0.1, 0.15) is 25.0 Å². The molecule has 0 bridgehead atoms. The molecule has 0 radical (unpaired) electrons. The fraction of sp³-hybridized carbons (Fsp3) is 0.250. The third-order valence-corrected chi connectivity index (χ3v) is 4.21. The standard InChI is InChI=1S/C20H21ClN4O2/c21-17-9-7-16(8-10-17)3-1-6-20(26)24-18-4-2-5-19(13-18)27-12-11-25-15-22-14-23-25/h2,4-5,7-10,13-15H,1,3,6,11-12H2,(H,24,26). The van der Waals surface area contributed by atoms with Crippen molar-refractivity contribution in [2.24, 2.45) is 0 Å². The lowest BCUT2D eigenvalue weighted by Gasteiger charge is -2.09. The van der Waals surface area contributed by atoms with Crippen LogP contribution in [-0.4, -0.2) is 27.3 Å². The molecule has 0 aliphatic heterocycles. The Kier molecular flexibility index (Phi) is 6.82. The first kappa shape index (κ1) is 18.9. The number of hydrogen-bond acceptors (Lipinski definition) is 4. The molecule has 1 N–H and O–H groups in total. The van der Waals surface area contributed by atoms with Crippen molar-refractivity contribution in [2.75, 3.05) is 11.9 Å². The number of halogens is 1. The molecule has 0 fully saturated rings. The molecule has 3 rings (SSSR count). The van der Waals surface area contributed by atoms with Gasteiger partial charge >= 0.3 is 0 Å². The Labute approximate surface area is 163 Å². The molecule has 1 aromatic heterocycles. The third-order valence-electron chi connectivity index (χ3n) is 3.96. The second-order valence-electron chi connectivity index (χ2n) is 6.06. The predicted molar refractivity (Wildman–Crippen MR) is 105 cm³/mol. The molecule has 140 valence electrons. The maximum Gasteiger partial charge on any atom is 0.224 e. The highest BCUT2D eigenvalue weighted by Crippen LogP contribution is 2.18. The van der Waals surface area contributed by atoms with Gasteiger partial charge in [-0.1, -0.05) is 29.8 Å². The topological polar surface area (TPSA) is 69.0 Å². The molecule has 0 spiro atoms. The van der Waals surface area contributed by atoms with Crippen molar-refractivity contribution in [2.45, 2.75) is 25.8 Å². The maximum atomic E-state index is 12.1. The highest BCUT2D eigenvalue weighted by molar-refractivity contribution is 6.30. The highest BCUT2D eigenvalue weighted by Gasteiger charge is 2.04. The zero-order chi connectivity index (χ0) is 18.9. The number of carbonyl (C=O) groups is 1. The smallest absolute Gasteiger partial charge is 0.224 e. The molecule has 1 amide bonds. The van der Waals surface area contributed by atoms with Crippen LogP contribution in [0, 0.1) is 0 Å². The number of benzene rings is 2. The van der Waals surface area contributed by atoms with Crippen molar-refractivity contribution in [3.05, 3.63) is 71.8 Å². The Bertz CT molecular complexity index is 851. The van der Waals surface area contributed by atoms with E-state index < -0.39 is 0 Å². The van der Waals surface area contributed by atoms with Crippen LogP contribution in [-0.2, 0) is 17.8 Å². The first-order valence-corrected chi connectivity index (χ1v) is 9.16. The largest absolute Gasteiger partial charge is 0.492 e. The van der Waals surface area contributed by atoms with Gasteiger partial charge in [-0.2, -0.15) is 5.10 Å². The average Bonchev–Trinajstić information content (AvgIpc) is 3.17. The van der Waals surface area contributed by atoms with Gasteiger partial charge in [0.15, 0.2) is 0 Å². The van der Waals surface area contributed by atoms with E-state index in [-0.39, 0.29) is 5.91 Å². The number of ether oxygens (including phenoxy) is 1. The minimum Gasteiger partial charge on any atom is -0.492 e. The van der Waals surface area contributed by atoms with E-state index in [1.54, 1.807) is 11.0 Å². The lowest BCUT2D eigenvalue weighted by molar-refractivity contribution is -0.116. The highest BCUT2D eigenvalue weighted by atomic mass is 35.5. The monoisotopic (exact) mass is 384 g/mol. The van der Waals surface area contributed by atoms with Gasteiger partial charge in [0.2, 0.25) is 5.91 Å². The molecular weight excluding hydrogens is 364 g/mol. The van der Waals surface area contributed by atoms with Crippen LogP contribution >= 0.6 is 11.6 Å². The molecule has 7 heteroatoms. The molecule has 6 nitrogen and oxygen atoms in total. The van der Waals surface area contributed by atoms with E-state index in [0.29, 0.717) is 25.3 Å². The van der Waals surface area contributed by atoms with Gasteiger partial charge in [-0.05, 0) is 42.7 Å². The second kappa shape index (κ2) is 9.73. The summed E-state index contributed by atoms with van der Waals surface area (Å²) in [7, 11) is 0. The quantitative estimate of drug-likeness (QED) is 0.606. The summed E-state index contributed by atoms with van der Waals surface area (Å²) in [5.41, 5.74) is 1.90. The molecule has 0 saturated carbocycles. The van der Waals surface area contributed by atoms with Crippen LogP contribution in [0.15, 0.2) is 61.2 Å². The number of amides is 1. The van der Waals surface area contributed by atoms with Gasteiger partial charge in [-0.15, -0.1) is 0 Å². The van der Waals surface area contributed by atoms with Crippen LogP contribution in [0.3, 0.4) is 0 Å². The summed E-state index contributed by atoms with van der Waals surface area (Å²) in [5, 5.41) is 7.66. The first-order valence-electron chi connectivity index (χ1n) is 8.78. The number of carbonyl (C=O) groups excluding carboxylic acids is 1. The number of nitrogens with zero attached hydrogens (tertiary/aromatic N) is 3. The minimum atomic E-state index is -0.0104. The van der Waals surface area contributed by atoms with Crippen LogP contribution in [0.1, 0.15) is 18.4 Å². The van der Waals surface area contributed by atoms with Crippen LogP contribution in [0.4, 0.5) is 5.69 Å². The third kappa shape index (κ3) is 6.42. The van der Waals surface area contributed by atoms with E-state index >= 15 is 0 Å². The molecule has 0 aliphatic rings. The Morgan fingerprint density at radius 3 is 2.81 bits per heavy atom. The van der Waals surface area contributed by atoms with Crippen LogP contribution in [0.5, 0.6) is 5.75 Å². The summed E-state index contributed by atoms with van der Waals surface area (Å²) in [5.74, 6) is 0.692. The average molecular weight is 385 g/mol. The van der Waals surface area contributed by atoms with E-state index in [9.17, 15) is 4.79 Å². The Morgan fingerprint density at radius 1 is 1.19 bits per heavy atom. The van der Waals surface area contributed by atoms with E-state index in [2.05, 4.69) is 15.4 Å². The number of nitrogens with one attached hydrogen (secondary N) is 1. The van der Waals surface area contributed by atoms with E-state index in [4.69, 9.17) is 16.3 Å². The molecule has 0 saturated heterocycles. The van der Waals surface area contributed by atoms with Gasteiger partial charge in [-0.3, -0.25) is 4.79 Å². The number of anilines is 1. The molecular formula is C20H21ClN4O2. The fourth-order valence-electron chi connectivity index (χ4n) is 2.60. The Hall–Kier alpha value is -2.86. The zero-order valence-electron chi connectivity index (χ0n) is 14.8. The van der Waals surface area contributed by atoms with Crippen LogP contribution < -0.4 is 10.1 Å². The van der Waals surface area contributed by atoms with Crippen LogP contribution in [0.2, 0.25) is 5.02 Å². The predicted octanol–water partition coefficient (Wildman–Crippen LogP) is 3.97. The molecule has 2 aromatic carbocycles. The molecule has 1 heterocycles. The minimum absolute atomic E-state index is 0.0104. The summed E-state index contributed by atoms with van der Waals surface area (Å²) < 4.78 is 7.40. The summed E-state index contributed by atoms with van der Waals surface area (Å²) >= 11 is 5.88. The van der Waals surface area contributed by atoms with Gasteiger partial charge in [0.05, 0.1) is 6.54 Å². The maximum absolute atomic E-state index is 12.1. The number of rotatable bonds is 9. The second-order valence-corrected chi connectivity index (χ2v) is 6.50. The lowest BCUT2D eigenvalue weighted by Crippen LogP contribution is -2.12. The van der Waals surface area contributed by atoms with Crippen molar-refractivity contribution >= 4 is 23.2 Å². The Morgan fingerprint density at radius 2 is 2.04 bits per heavy atom. The van der Waals surface area contributed by atoms with E-state index in [1.165, 1.54) is 11.9 Å². The lowest BCUT2D eigenvalue weighted by atomic mass is 10.1. The normalized spacial score (nSPS) is 10.6. The zero-order valence-corrected chi connectivity index (χ0v) is 15.6. The summed E-state index contributed by atoms with van der Waals surface area (Å²) in [6, 6.07) is 15.1. The first-order chi connectivity index (χ1) is 13.2. The molecule has 0 atom stereocenters. The van der Waals surface area contributed by atoms with E-state index in [0.717, 1.165) is 23.6 Å². The number of aromatic nitrogens is 3. The van der Waals surface area contributed by atoms with Gasteiger partial charge < -0.3 is 10.1 Å². The molecule has 0 unspecified atom stereocenters. The van der Waals surface area contributed by atoms with Gasteiger partial charge in [0, 0.05) is 23.2 Å². The summed E-state index contributed by atoms with van der Waals surface area (Å²) in [4.78, 5) is 16.0. The van der Waals surface area contributed by atoms with Crippen molar-refractivity contribution in [1.82, 2.24) is 14.8 Å². The Balaban J connectivity index is 1.41. The SMILES string of the molecule is O=C(CCCc1ccc(Cl)cc1)Nc1cccc(OCCn2cncn2)c1. The van der Waals surface area contributed by atoms with Crippen molar-refractivity contribution in [3.63, 3.8) is 0 Å². The summed E-state index contributed by atoms with van der Waals surface area (Å²) in [6.07, 6.45) is 5.21. The summed E-state index contributed by atoms with van der Waals surface area (Å²) in [6.45, 7) is 1.09.